The molecule has 0 spiro atoms. The first-order valence-electron chi connectivity index (χ1n) is 6.80. The van der Waals surface area contributed by atoms with Gasteiger partial charge in [-0.3, -0.25) is 9.59 Å². The number of halogens is 1. The Morgan fingerprint density at radius 1 is 1.24 bits per heavy atom. The van der Waals surface area contributed by atoms with Crippen molar-refractivity contribution in [2.24, 2.45) is 0 Å². The topological polar surface area (TPSA) is 56.8 Å². The van der Waals surface area contributed by atoms with Crippen molar-refractivity contribution in [3.63, 3.8) is 0 Å². The third-order valence-corrected chi connectivity index (χ3v) is 3.78. The van der Waals surface area contributed by atoms with Gasteiger partial charge in [-0.25, -0.2) is 4.98 Å². The maximum atomic E-state index is 12.4. The number of rotatable bonds is 3. The van der Waals surface area contributed by atoms with Gasteiger partial charge < -0.3 is 14.7 Å². The normalized spacial score (nSPS) is 15.4. The minimum Gasteiger partial charge on any atom is -0.338 e. The van der Waals surface area contributed by atoms with Crippen molar-refractivity contribution in [1.29, 1.82) is 0 Å². The van der Waals surface area contributed by atoms with Crippen molar-refractivity contribution in [2.45, 2.75) is 0 Å². The van der Waals surface area contributed by atoms with E-state index in [2.05, 4.69) is 20.9 Å². The molecule has 114 valence electrons. The summed E-state index contributed by atoms with van der Waals surface area (Å²) >= 11 is 3.27. The Hall–Kier alpha value is -1.47. The molecule has 1 aromatic rings. The van der Waals surface area contributed by atoms with E-state index >= 15 is 0 Å². The molecule has 2 rings (SSSR count). The maximum Gasteiger partial charge on any atom is 0.254 e. The maximum absolute atomic E-state index is 12.4. The molecule has 1 fully saturated rings. The summed E-state index contributed by atoms with van der Waals surface area (Å²) in [6.45, 7) is 2.72. The summed E-state index contributed by atoms with van der Waals surface area (Å²) in [6.07, 6.45) is 1.61. The summed E-state index contributed by atoms with van der Waals surface area (Å²) in [6, 6.07) is 3.42. The summed E-state index contributed by atoms with van der Waals surface area (Å²) in [4.78, 5) is 33.8. The Morgan fingerprint density at radius 3 is 2.43 bits per heavy atom. The zero-order chi connectivity index (χ0) is 15.4. The van der Waals surface area contributed by atoms with Gasteiger partial charge in [0.15, 0.2) is 0 Å². The van der Waals surface area contributed by atoms with E-state index in [1.54, 1.807) is 23.2 Å². The van der Waals surface area contributed by atoms with Crippen molar-refractivity contribution in [3.05, 3.63) is 28.5 Å². The molecule has 6 nitrogen and oxygen atoms in total. The van der Waals surface area contributed by atoms with Crippen molar-refractivity contribution in [2.75, 3.05) is 46.8 Å². The largest absolute Gasteiger partial charge is 0.338 e. The second kappa shape index (κ2) is 7.00. The Labute approximate surface area is 132 Å². The molecule has 0 atom stereocenters. The minimum atomic E-state index is -0.0159. The van der Waals surface area contributed by atoms with Gasteiger partial charge in [0.1, 0.15) is 4.60 Å². The molecule has 0 aliphatic carbocycles. The lowest BCUT2D eigenvalue weighted by Crippen LogP contribution is -2.52. The monoisotopic (exact) mass is 354 g/mol. The van der Waals surface area contributed by atoms with Crippen LogP contribution in [0.2, 0.25) is 0 Å². The Balaban J connectivity index is 1.92. The highest BCUT2D eigenvalue weighted by molar-refractivity contribution is 9.10. The molecule has 2 heterocycles. The number of nitrogens with zero attached hydrogens (tertiary/aromatic N) is 4. The van der Waals surface area contributed by atoms with Crippen LogP contribution in [0.1, 0.15) is 10.4 Å². The van der Waals surface area contributed by atoms with Gasteiger partial charge in [-0.05, 0) is 42.2 Å². The number of hydrogen-bond acceptors (Lipinski definition) is 4. The number of aromatic nitrogens is 1. The quantitative estimate of drug-likeness (QED) is 0.749. The Bertz CT molecular complexity index is 527. The van der Waals surface area contributed by atoms with Crippen molar-refractivity contribution in [3.8, 4) is 0 Å². The van der Waals surface area contributed by atoms with Crippen LogP contribution in [-0.2, 0) is 4.79 Å². The van der Waals surface area contributed by atoms with Crippen LogP contribution in [-0.4, -0.2) is 78.3 Å². The van der Waals surface area contributed by atoms with Crippen LogP contribution in [0.5, 0.6) is 0 Å². The molecule has 0 bridgehead atoms. The van der Waals surface area contributed by atoms with Crippen LogP contribution >= 0.6 is 15.9 Å². The average Bonchev–Trinajstić information content (AvgIpc) is 2.46. The van der Waals surface area contributed by atoms with E-state index in [1.165, 1.54) is 0 Å². The Kier molecular flexibility index (Phi) is 5.30. The summed E-state index contributed by atoms with van der Waals surface area (Å²) < 4.78 is 0.646. The van der Waals surface area contributed by atoms with E-state index in [-0.39, 0.29) is 11.8 Å². The molecule has 1 aromatic heterocycles. The lowest BCUT2D eigenvalue weighted by atomic mass is 10.2. The highest BCUT2D eigenvalue weighted by Crippen LogP contribution is 2.12. The van der Waals surface area contributed by atoms with E-state index in [4.69, 9.17) is 0 Å². The predicted molar refractivity (Wildman–Crippen MR) is 83.0 cm³/mol. The first-order chi connectivity index (χ1) is 9.97. The van der Waals surface area contributed by atoms with Gasteiger partial charge in [0.2, 0.25) is 5.91 Å². The molecule has 0 aromatic carbocycles. The fourth-order valence-electron chi connectivity index (χ4n) is 2.25. The molecule has 1 aliphatic rings. The van der Waals surface area contributed by atoms with Crippen LogP contribution in [0.25, 0.3) is 0 Å². The van der Waals surface area contributed by atoms with Crippen LogP contribution in [0.4, 0.5) is 0 Å². The predicted octanol–water partition coefficient (Wildman–Crippen LogP) is 0.690. The fraction of sp³-hybridized carbons (Fsp3) is 0.500. The van der Waals surface area contributed by atoms with Crippen LogP contribution < -0.4 is 0 Å². The minimum absolute atomic E-state index is 0.0159. The molecule has 7 heteroatoms. The molecule has 2 amide bonds. The second-order valence-electron chi connectivity index (χ2n) is 5.28. The summed E-state index contributed by atoms with van der Waals surface area (Å²) in [5, 5.41) is 0. The zero-order valence-corrected chi connectivity index (χ0v) is 13.8. The van der Waals surface area contributed by atoms with Gasteiger partial charge >= 0.3 is 0 Å². The number of hydrogen-bond donors (Lipinski definition) is 0. The van der Waals surface area contributed by atoms with Gasteiger partial charge in [-0.15, -0.1) is 0 Å². The van der Waals surface area contributed by atoms with Crippen LogP contribution in [0, 0.1) is 0 Å². The number of carbonyl (C=O) groups is 2. The molecule has 0 unspecified atom stereocenters. The standard InChI is InChI=1S/C14H19BrN4O2/c1-17(2)10-13(20)18-5-7-19(8-6-18)14(21)11-3-4-16-12(15)9-11/h3-4,9H,5-8,10H2,1-2H3. The fourth-order valence-corrected chi connectivity index (χ4v) is 2.61. The van der Waals surface area contributed by atoms with Gasteiger partial charge in [0.25, 0.3) is 5.91 Å². The molecule has 1 saturated heterocycles. The smallest absolute Gasteiger partial charge is 0.254 e. The summed E-state index contributed by atoms with van der Waals surface area (Å²) in [5.41, 5.74) is 0.616. The van der Waals surface area contributed by atoms with Gasteiger partial charge in [-0.1, -0.05) is 0 Å². The second-order valence-corrected chi connectivity index (χ2v) is 6.09. The highest BCUT2D eigenvalue weighted by atomic mass is 79.9. The first kappa shape index (κ1) is 15.9. The van der Waals surface area contributed by atoms with Crippen molar-refractivity contribution >= 4 is 27.7 Å². The van der Waals surface area contributed by atoms with E-state index in [9.17, 15) is 9.59 Å². The highest BCUT2D eigenvalue weighted by Gasteiger charge is 2.25. The molecule has 0 N–H and O–H groups in total. The van der Waals surface area contributed by atoms with E-state index in [0.717, 1.165) is 0 Å². The third kappa shape index (κ3) is 4.25. The lowest BCUT2D eigenvalue weighted by Gasteiger charge is -2.35. The number of likely N-dealkylation sites (N-methyl/N-ethyl adjacent to an activating group) is 1. The summed E-state index contributed by atoms with van der Waals surface area (Å²) in [7, 11) is 3.75. The van der Waals surface area contributed by atoms with Gasteiger partial charge in [0, 0.05) is 37.9 Å². The molecular formula is C14H19BrN4O2. The first-order valence-corrected chi connectivity index (χ1v) is 7.60. The van der Waals surface area contributed by atoms with E-state index in [1.807, 2.05) is 23.9 Å². The molecular weight excluding hydrogens is 336 g/mol. The number of carbonyl (C=O) groups excluding carboxylic acids is 2. The van der Waals surface area contributed by atoms with E-state index in [0.29, 0.717) is 42.9 Å². The molecule has 21 heavy (non-hydrogen) atoms. The van der Waals surface area contributed by atoms with Crippen LogP contribution in [0.15, 0.2) is 22.9 Å². The lowest BCUT2D eigenvalue weighted by molar-refractivity contribution is -0.133. The van der Waals surface area contributed by atoms with Crippen LogP contribution in [0.3, 0.4) is 0 Å². The average molecular weight is 355 g/mol. The SMILES string of the molecule is CN(C)CC(=O)N1CCN(C(=O)c2ccnc(Br)c2)CC1. The number of amides is 2. The molecule has 0 radical (unpaired) electrons. The molecule has 0 saturated carbocycles. The molecule has 1 aliphatic heterocycles. The zero-order valence-electron chi connectivity index (χ0n) is 12.3. The van der Waals surface area contributed by atoms with Crippen molar-refractivity contribution < 1.29 is 9.59 Å². The van der Waals surface area contributed by atoms with Gasteiger partial charge in [0.05, 0.1) is 6.54 Å². The number of piperazine rings is 1. The number of pyridine rings is 1. The Morgan fingerprint density at radius 2 is 1.86 bits per heavy atom. The van der Waals surface area contributed by atoms with Gasteiger partial charge in [-0.2, -0.15) is 0 Å². The third-order valence-electron chi connectivity index (χ3n) is 3.34. The van der Waals surface area contributed by atoms with E-state index < -0.39 is 0 Å². The van der Waals surface area contributed by atoms with Crippen molar-refractivity contribution in [1.82, 2.24) is 19.7 Å². The summed E-state index contributed by atoms with van der Waals surface area (Å²) in [5.74, 6) is 0.0940.